The van der Waals surface area contributed by atoms with Crippen LogP contribution in [-0.4, -0.2) is 24.6 Å². The molecule has 0 fully saturated rings. The predicted octanol–water partition coefficient (Wildman–Crippen LogP) is 7.31. The summed E-state index contributed by atoms with van der Waals surface area (Å²) in [7, 11) is 1.55. The molecule has 0 saturated carbocycles. The number of benzene rings is 4. The van der Waals surface area contributed by atoms with Crippen molar-refractivity contribution in [2.24, 2.45) is 0 Å². The monoisotopic (exact) mass is 571 g/mol. The van der Waals surface area contributed by atoms with Gasteiger partial charge in [0.05, 0.1) is 41.1 Å². The molecule has 1 atom stereocenters. The molecule has 1 aliphatic rings. The largest absolute Gasteiger partial charge is 0.495 e. The molecular weight excluding hydrogens is 542 g/mol. The van der Waals surface area contributed by atoms with Crippen LogP contribution < -0.4 is 15.4 Å². The number of ether oxygens (including phenoxy) is 1. The van der Waals surface area contributed by atoms with Gasteiger partial charge >= 0.3 is 0 Å². The Kier molecular flexibility index (Phi) is 8.86. The smallest absolute Gasteiger partial charge is 0.254 e. The SMILES string of the molecule is COc1ccccc1NC(=O)C1=C(C)NC(SCC(=O)c2ccc(-c3ccccc3)cc2)=C(C#N)[C@H]1c1ccccc1. The summed E-state index contributed by atoms with van der Waals surface area (Å²) < 4.78 is 5.41. The number of rotatable bonds is 9. The Morgan fingerprint density at radius 3 is 2.17 bits per heavy atom. The first kappa shape index (κ1) is 28.5. The van der Waals surface area contributed by atoms with Crippen molar-refractivity contribution in [3.8, 4) is 22.9 Å². The number of Topliss-reactive ketones (excluding diaryl/α,β-unsaturated/α-hetero) is 1. The van der Waals surface area contributed by atoms with Gasteiger partial charge in [-0.05, 0) is 35.7 Å². The van der Waals surface area contributed by atoms with Gasteiger partial charge in [-0.2, -0.15) is 5.26 Å². The van der Waals surface area contributed by atoms with Crippen LogP contribution >= 0.6 is 11.8 Å². The van der Waals surface area contributed by atoms with Crippen LogP contribution in [0.4, 0.5) is 5.69 Å². The second kappa shape index (κ2) is 13.1. The number of ketones is 1. The molecule has 6 nitrogen and oxygen atoms in total. The molecule has 0 unspecified atom stereocenters. The van der Waals surface area contributed by atoms with Crippen LogP contribution in [0, 0.1) is 11.3 Å². The molecule has 0 aromatic heterocycles. The molecule has 5 rings (SSSR count). The number of hydrogen-bond donors (Lipinski definition) is 2. The maximum absolute atomic E-state index is 13.7. The molecular formula is C35H29N3O3S. The Labute approximate surface area is 249 Å². The van der Waals surface area contributed by atoms with Gasteiger partial charge in [0.15, 0.2) is 5.78 Å². The number of para-hydroxylation sites is 2. The Bertz CT molecular complexity index is 1710. The number of allylic oxidation sites excluding steroid dienone is 2. The number of nitrogens with zero attached hydrogens (tertiary/aromatic N) is 1. The van der Waals surface area contributed by atoms with Crippen molar-refractivity contribution in [2.45, 2.75) is 12.8 Å². The Balaban J connectivity index is 1.40. The molecule has 4 aromatic carbocycles. The van der Waals surface area contributed by atoms with Crippen molar-refractivity contribution >= 4 is 29.1 Å². The molecule has 0 spiro atoms. The van der Waals surface area contributed by atoms with Crippen LogP contribution in [0.3, 0.4) is 0 Å². The molecule has 7 heteroatoms. The van der Waals surface area contributed by atoms with Gasteiger partial charge in [0.2, 0.25) is 0 Å². The highest BCUT2D eigenvalue weighted by Gasteiger charge is 2.35. The fraction of sp³-hybridized carbons (Fsp3) is 0.114. The zero-order valence-corrected chi connectivity index (χ0v) is 24.1. The van der Waals surface area contributed by atoms with Gasteiger partial charge in [-0.3, -0.25) is 9.59 Å². The number of amides is 1. The summed E-state index contributed by atoms with van der Waals surface area (Å²) in [6.07, 6.45) is 0. The van der Waals surface area contributed by atoms with Gasteiger partial charge in [-0.1, -0.05) is 109 Å². The van der Waals surface area contributed by atoms with Gasteiger partial charge in [0.1, 0.15) is 5.75 Å². The van der Waals surface area contributed by atoms with Crippen LogP contribution in [0.5, 0.6) is 5.75 Å². The minimum Gasteiger partial charge on any atom is -0.495 e. The molecule has 0 saturated heterocycles. The van der Waals surface area contributed by atoms with Crippen LogP contribution in [0.2, 0.25) is 0 Å². The highest BCUT2D eigenvalue weighted by molar-refractivity contribution is 8.03. The second-order valence-corrected chi connectivity index (χ2v) is 10.7. The highest BCUT2D eigenvalue weighted by atomic mass is 32.2. The molecule has 4 aromatic rings. The fourth-order valence-electron chi connectivity index (χ4n) is 4.94. The normalized spacial score (nSPS) is 14.5. The van der Waals surface area contributed by atoms with Crippen molar-refractivity contribution in [3.05, 3.63) is 142 Å². The Hall–Kier alpha value is -5.06. The lowest BCUT2D eigenvalue weighted by atomic mass is 9.82. The van der Waals surface area contributed by atoms with Crippen LogP contribution in [-0.2, 0) is 4.79 Å². The molecule has 0 bridgehead atoms. The lowest BCUT2D eigenvalue weighted by Gasteiger charge is -2.30. The first-order valence-corrected chi connectivity index (χ1v) is 14.4. The third-order valence-corrected chi connectivity index (χ3v) is 8.06. The summed E-state index contributed by atoms with van der Waals surface area (Å²) in [6, 6.07) is 36.5. The molecule has 208 valence electrons. The third-order valence-electron chi connectivity index (χ3n) is 7.04. The molecule has 1 heterocycles. The highest BCUT2D eigenvalue weighted by Crippen LogP contribution is 2.41. The standard InChI is InChI=1S/C35H29N3O3S/c1-23-32(34(40)38-29-15-9-10-16-31(29)41-2)33(27-13-7-4-8-14-27)28(21-36)35(37-23)42-22-30(39)26-19-17-25(18-20-26)24-11-5-3-6-12-24/h3-20,33,37H,22H2,1-2H3,(H,38,40)/t33-/m1/s1. The lowest BCUT2D eigenvalue weighted by Crippen LogP contribution is -2.31. The summed E-state index contributed by atoms with van der Waals surface area (Å²) in [6.45, 7) is 1.81. The van der Waals surface area contributed by atoms with Gasteiger partial charge in [0, 0.05) is 16.8 Å². The van der Waals surface area contributed by atoms with Gasteiger partial charge < -0.3 is 15.4 Å². The van der Waals surface area contributed by atoms with E-state index in [1.54, 1.807) is 19.2 Å². The second-order valence-electron chi connectivity index (χ2n) is 9.67. The van der Waals surface area contributed by atoms with E-state index < -0.39 is 5.92 Å². The quantitative estimate of drug-likeness (QED) is 0.205. The van der Waals surface area contributed by atoms with E-state index in [4.69, 9.17) is 4.74 Å². The van der Waals surface area contributed by atoms with Crippen molar-refractivity contribution < 1.29 is 14.3 Å². The number of anilines is 1. The van der Waals surface area contributed by atoms with Crippen LogP contribution in [0.15, 0.2) is 131 Å². The zero-order chi connectivity index (χ0) is 29.5. The number of methoxy groups -OCH3 is 1. The van der Waals surface area contributed by atoms with Gasteiger partial charge in [0.25, 0.3) is 5.91 Å². The lowest BCUT2D eigenvalue weighted by molar-refractivity contribution is -0.113. The van der Waals surface area contributed by atoms with Crippen molar-refractivity contribution in [1.82, 2.24) is 5.32 Å². The molecule has 1 aliphatic heterocycles. The summed E-state index contributed by atoms with van der Waals surface area (Å²) in [4.78, 5) is 26.9. The first-order valence-electron chi connectivity index (χ1n) is 13.4. The van der Waals surface area contributed by atoms with E-state index in [2.05, 4.69) is 16.7 Å². The van der Waals surface area contributed by atoms with Crippen LogP contribution in [0.25, 0.3) is 11.1 Å². The van der Waals surface area contributed by atoms with Crippen molar-refractivity contribution in [2.75, 3.05) is 18.2 Å². The molecule has 2 N–H and O–H groups in total. The number of dihydropyridines is 1. The Morgan fingerprint density at radius 2 is 1.50 bits per heavy atom. The maximum atomic E-state index is 13.7. The topological polar surface area (TPSA) is 91.2 Å². The minimum atomic E-state index is -0.616. The first-order chi connectivity index (χ1) is 20.5. The zero-order valence-electron chi connectivity index (χ0n) is 23.3. The van der Waals surface area contributed by atoms with E-state index in [-0.39, 0.29) is 17.4 Å². The predicted molar refractivity (Wildman–Crippen MR) is 168 cm³/mol. The number of carbonyl (C=O) groups excluding carboxylic acids is 2. The van der Waals surface area contributed by atoms with E-state index in [1.807, 2.05) is 104 Å². The van der Waals surface area contributed by atoms with E-state index in [1.165, 1.54) is 11.8 Å². The summed E-state index contributed by atoms with van der Waals surface area (Å²) in [5.74, 6) is -0.342. The average molecular weight is 572 g/mol. The van der Waals surface area contributed by atoms with E-state index in [9.17, 15) is 14.9 Å². The Morgan fingerprint density at radius 1 is 0.881 bits per heavy atom. The van der Waals surface area contributed by atoms with Gasteiger partial charge in [-0.25, -0.2) is 0 Å². The summed E-state index contributed by atoms with van der Waals surface area (Å²) >= 11 is 1.27. The van der Waals surface area contributed by atoms with E-state index >= 15 is 0 Å². The fourth-order valence-corrected chi connectivity index (χ4v) is 5.93. The average Bonchev–Trinajstić information content (AvgIpc) is 3.04. The van der Waals surface area contributed by atoms with Crippen molar-refractivity contribution in [3.63, 3.8) is 0 Å². The molecule has 0 aliphatic carbocycles. The number of thioether (sulfide) groups is 1. The maximum Gasteiger partial charge on any atom is 0.254 e. The minimum absolute atomic E-state index is 0.0520. The number of carbonyl (C=O) groups is 2. The number of nitrogens with one attached hydrogen (secondary N) is 2. The number of nitriles is 1. The summed E-state index contributed by atoms with van der Waals surface area (Å²) in [5, 5.41) is 17.1. The number of hydrogen-bond acceptors (Lipinski definition) is 6. The molecule has 42 heavy (non-hydrogen) atoms. The van der Waals surface area contributed by atoms with Crippen LogP contribution in [0.1, 0.15) is 28.8 Å². The molecule has 0 radical (unpaired) electrons. The van der Waals surface area contributed by atoms with E-state index in [0.717, 1.165) is 16.7 Å². The van der Waals surface area contributed by atoms with Crippen molar-refractivity contribution in [1.29, 1.82) is 5.26 Å². The third kappa shape index (κ3) is 6.14. The summed E-state index contributed by atoms with van der Waals surface area (Å²) in [5.41, 5.74) is 5.47. The molecule has 1 amide bonds. The van der Waals surface area contributed by atoms with Gasteiger partial charge in [-0.15, -0.1) is 0 Å². The van der Waals surface area contributed by atoms with E-state index in [0.29, 0.717) is 38.9 Å².